The van der Waals surface area contributed by atoms with Gasteiger partial charge in [0.1, 0.15) is 0 Å². The van der Waals surface area contributed by atoms with Crippen molar-refractivity contribution in [3.63, 3.8) is 0 Å². The molecule has 0 radical (unpaired) electrons. The Balaban J connectivity index is 1.94. The zero-order valence-corrected chi connectivity index (χ0v) is 10.6. The number of carbonyl (C=O) groups is 1. The third-order valence-electron chi connectivity index (χ3n) is 3.55. The standard InChI is InChI=1S/C16H19NO/c1-2-3-12-17-16(18)15-10-8-14(9-11-15)13-6-4-5-7-13/h1,8-11,13H,3-7,12H2,(H,17,18). The van der Waals surface area contributed by atoms with Crippen LogP contribution in [0.1, 0.15) is 53.9 Å². The van der Waals surface area contributed by atoms with Gasteiger partial charge in [-0.2, -0.15) is 0 Å². The number of hydrogen-bond donors (Lipinski definition) is 1. The van der Waals surface area contributed by atoms with E-state index in [1.165, 1.54) is 31.2 Å². The summed E-state index contributed by atoms with van der Waals surface area (Å²) in [6.07, 6.45) is 11.0. The van der Waals surface area contributed by atoms with Gasteiger partial charge in [-0.05, 0) is 36.5 Å². The number of benzene rings is 1. The second-order valence-electron chi connectivity index (χ2n) is 4.81. The van der Waals surface area contributed by atoms with Crippen LogP contribution in [0.4, 0.5) is 0 Å². The van der Waals surface area contributed by atoms with Crippen molar-refractivity contribution in [2.75, 3.05) is 6.54 Å². The fraction of sp³-hybridized carbons (Fsp3) is 0.438. The van der Waals surface area contributed by atoms with E-state index < -0.39 is 0 Å². The molecule has 0 bridgehead atoms. The summed E-state index contributed by atoms with van der Waals surface area (Å²) in [4.78, 5) is 11.8. The molecule has 1 saturated carbocycles. The number of hydrogen-bond acceptors (Lipinski definition) is 1. The monoisotopic (exact) mass is 241 g/mol. The van der Waals surface area contributed by atoms with E-state index in [4.69, 9.17) is 6.42 Å². The van der Waals surface area contributed by atoms with E-state index in [1.807, 2.05) is 12.1 Å². The summed E-state index contributed by atoms with van der Waals surface area (Å²) in [5.41, 5.74) is 2.08. The molecule has 0 unspecified atom stereocenters. The molecule has 0 spiro atoms. The molecule has 1 fully saturated rings. The molecule has 94 valence electrons. The number of amides is 1. The fourth-order valence-electron chi connectivity index (χ4n) is 2.52. The van der Waals surface area contributed by atoms with Gasteiger partial charge in [0.2, 0.25) is 0 Å². The lowest BCUT2D eigenvalue weighted by atomic mass is 9.96. The predicted molar refractivity (Wildman–Crippen MR) is 73.4 cm³/mol. The fourth-order valence-corrected chi connectivity index (χ4v) is 2.52. The Morgan fingerprint density at radius 3 is 2.56 bits per heavy atom. The molecule has 2 nitrogen and oxygen atoms in total. The Hall–Kier alpha value is -1.75. The second-order valence-corrected chi connectivity index (χ2v) is 4.81. The van der Waals surface area contributed by atoms with Gasteiger partial charge in [0, 0.05) is 18.5 Å². The molecule has 1 N–H and O–H groups in total. The van der Waals surface area contributed by atoms with E-state index in [0.29, 0.717) is 24.4 Å². The Morgan fingerprint density at radius 2 is 1.94 bits per heavy atom. The minimum atomic E-state index is -0.0387. The van der Waals surface area contributed by atoms with E-state index in [9.17, 15) is 4.79 Å². The average Bonchev–Trinajstić information content (AvgIpc) is 2.93. The molecule has 18 heavy (non-hydrogen) atoms. The molecule has 0 aliphatic heterocycles. The first-order chi connectivity index (χ1) is 8.81. The van der Waals surface area contributed by atoms with E-state index >= 15 is 0 Å². The molecular formula is C16H19NO. The third-order valence-corrected chi connectivity index (χ3v) is 3.55. The Bertz CT molecular complexity index is 435. The number of nitrogens with one attached hydrogen (secondary N) is 1. The van der Waals surface area contributed by atoms with Crippen LogP contribution < -0.4 is 5.32 Å². The summed E-state index contributed by atoms with van der Waals surface area (Å²) in [5.74, 6) is 3.17. The van der Waals surface area contributed by atoms with Crippen LogP contribution in [0.5, 0.6) is 0 Å². The summed E-state index contributed by atoms with van der Waals surface area (Å²) in [6.45, 7) is 0.541. The maximum absolute atomic E-state index is 11.8. The average molecular weight is 241 g/mol. The maximum atomic E-state index is 11.8. The summed E-state index contributed by atoms with van der Waals surface area (Å²) in [6, 6.07) is 8.01. The number of carbonyl (C=O) groups excluding carboxylic acids is 1. The smallest absolute Gasteiger partial charge is 0.251 e. The maximum Gasteiger partial charge on any atom is 0.251 e. The van der Waals surface area contributed by atoms with Gasteiger partial charge in [0.05, 0.1) is 0 Å². The van der Waals surface area contributed by atoms with Crippen LogP contribution in [0.2, 0.25) is 0 Å². The van der Waals surface area contributed by atoms with Crippen LogP contribution in [0, 0.1) is 12.3 Å². The number of rotatable bonds is 4. The topological polar surface area (TPSA) is 29.1 Å². The van der Waals surface area contributed by atoms with Gasteiger partial charge in [0.15, 0.2) is 0 Å². The van der Waals surface area contributed by atoms with Crippen LogP contribution >= 0.6 is 0 Å². The van der Waals surface area contributed by atoms with Gasteiger partial charge >= 0.3 is 0 Å². The molecule has 1 amide bonds. The molecule has 0 atom stereocenters. The molecule has 1 aromatic carbocycles. The number of terminal acetylenes is 1. The van der Waals surface area contributed by atoms with E-state index in [0.717, 1.165) is 0 Å². The van der Waals surface area contributed by atoms with Crippen LogP contribution in [0.15, 0.2) is 24.3 Å². The van der Waals surface area contributed by atoms with E-state index in [2.05, 4.69) is 23.4 Å². The predicted octanol–water partition coefficient (Wildman–Crippen LogP) is 3.10. The van der Waals surface area contributed by atoms with Crippen LogP contribution in [-0.2, 0) is 0 Å². The highest BCUT2D eigenvalue weighted by molar-refractivity contribution is 5.94. The molecular weight excluding hydrogens is 222 g/mol. The van der Waals surface area contributed by atoms with Crippen molar-refractivity contribution in [1.82, 2.24) is 5.32 Å². The van der Waals surface area contributed by atoms with Crippen LogP contribution in [-0.4, -0.2) is 12.5 Å². The van der Waals surface area contributed by atoms with Crippen molar-refractivity contribution in [3.05, 3.63) is 35.4 Å². The van der Waals surface area contributed by atoms with Crippen molar-refractivity contribution in [2.24, 2.45) is 0 Å². The van der Waals surface area contributed by atoms with Crippen molar-refractivity contribution >= 4 is 5.91 Å². The lowest BCUT2D eigenvalue weighted by Gasteiger charge is -2.10. The highest BCUT2D eigenvalue weighted by Gasteiger charge is 2.17. The Kier molecular flexibility index (Phi) is 4.41. The van der Waals surface area contributed by atoms with Crippen LogP contribution in [0.3, 0.4) is 0 Å². The minimum Gasteiger partial charge on any atom is -0.351 e. The quantitative estimate of drug-likeness (QED) is 0.637. The second kappa shape index (κ2) is 6.26. The van der Waals surface area contributed by atoms with Crippen molar-refractivity contribution in [3.8, 4) is 12.3 Å². The molecule has 1 aliphatic carbocycles. The Morgan fingerprint density at radius 1 is 1.28 bits per heavy atom. The van der Waals surface area contributed by atoms with Gasteiger partial charge in [-0.3, -0.25) is 4.79 Å². The first-order valence-corrected chi connectivity index (χ1v) is 6.63. The molecule has 1 aliphatic rings. The molecule has 2 rings (SSSR count). The van der Waals surface area contributed by atoms with Gasteiger partial charge in [-0.15, -0.1) is 12.3 Å². The summed E-state index contributed by atoms with van der Waals surface area (Å²) < 4.78 is 0. The zero-order chi connectivity index (χ0) is 12.8. The molecule has 1 aromatic rings. The van der Waals surface area contributed by atoms with Crippen molar-refractivity contribution in [1.29, 1.82) is 0 Å². The zero-order valence-electron chi connectivity index (χ0n) is 10.6. The largest absolute Gasteiger partial charge is 0.351 e. The SMILES string of the molecule is C#CCCNC(=O)c1ccc(C2CCCC2)cc1. The summed E-state index contributed by atoms with van der Waals surface area (Å²) in [5, 5.41) is 2.81. The van der Waals surface area contributed by atoms with Crippen molar-refractivity contribution < 1.29 is 4.79 Å². The van der Waals surface area contributed by atoms with Crippen molar-refractivity contribution in [2.45, 2.75) is 38.0 Å². The molecule has 2 heteroatoms. The van der Waals surface area contributed by atoms with Crippen LogP contribution in [0.25, 0.3) is 0 Å². The van der Waals surface area contributed by atoms with E-state index in [-0.39, 0.29) is 5.91 Å². The summed E-state index contributed by atoms with van der Waals surface area (Å²) >= 11 is 0. The highest BCUT2D eigenvalue weighted by Crippen LogP contribution is 2.33. The lowest BCUT2D eigenvalue weighted by Crippen LogP contribution is -2.24. The third kappa shape index (κ3) is 3.13. The normalized spacial score (nSPS) is 15.3. The van der Waals surface area contributed by atoms with Gasteiger partial charge in [0.25, 0.3) is 5.91 Å². The highest BCUT2D eigenvalue weighted by atomic mass is 16.1. The molecule has 0 heterocycles. The molecule has 0 aromatic heterocycles. The first kappa shape index (κ1) is 12.7. The minimum absolute atomic E-state index is 0.0387. The first-order valence-electron chi connectivity index (χ1n) is 6.63. The molecule has 0 saturated heterocycles. The van der Waals surface area contributed by atoms with Gasteiger partial charge in [-0.1, -0.05) is 25.0 Å². The summed E-state index contributed by atoms with van der Waals surface area (Å²) in [7, 11) is 0. The Labute approximate surface area is 109 Å². The van der Waals surface area contributed by atoms with Gasteiger partial charge in [-0.25, -0.2) is 0 Å². The lowest BCUT2D eigenvalue weighted by molar-refractivity contribution is 0.0954. The van der Waals surface area contributed by atoms with E-state index in [1.54, 1.807) is 0 Å². The van der Waals surface area contributed by atoms with Gasteiger partial charge < -0.3 is 5.32 Å².